The van der Waals surface area contributed by atoms with Crippen LogP contribution in [0.3, 0.4) is 0 Å². The van der Waals surface area contributed by atoms with Crippen LogP contribution in [-0.2, 0) is 10.3 Å². The lowest BCUT2D eigenvalue weighted by molar-refractivity contribution is -0.122. The van der Waals surface area contributed by atoms with E-state index in [9.17, 15) is 9.59 Å². The molecule has 0 bridgehead atoms. The Labute approximate surface area is 164 Å². The van der Waals surface area contributed by atoms with E-state index < -0.39 is 0 Å². The summed E-state index contributed by atoms with van der Waals surface area (Å²) in [4.78, 5) is 33.7. The molecule has 0 unspecified atom stereocenters. The standard InChI is InChI=1S/C21H25N5O2/c1-15-12-18-25(14-16-5-6-16)19(27)13-21(26(18)23-15)7-10-24(11-8-21)20(28)17-4-2-3-9-22-17/h2-4,9,12,16H,5-8,10-11,13-14H2,1H3. The predicted molar refractivity (Wildman–Crippen MR) is 104 cm³/mol. The predicted octanol–water partition coefficient (Wildman–Crippen LogP) is 2.36. The molecule has 2 fully saturated rings. The van der Waals surface area contributed by atoms with Crippen LogP contribution in [0.5, 0.6) is 0 Å². The SMILES string of the molecule is Cc1cc2n(n1)C1(CCN(C(=O)c3ccccn3)CC1)CC(=O)N2CC1CC1. The van der Waals surface area contributed by atoms with Gasteiger partial charge in [-0.15, -0.1) is 0 Å². The minimum Gasteiger partial charge on any atom is -0.337 e. The molecule has 0 atom stereocenters. The Morgan fingerprint density at radius 1 is 1.25 bits per heavy atom. The summed E-state index contributed by atoms with van der Waals surface area (Å²) in [7, 11) is 0. The Kier molecular flexibility index (Phi) is 4.00. The van der Waals surface area contributed by atoms with Crippen molar-refractivity contribution in [2.75, 3.05) is 24.5 Å². The maximum absolute atomic E-state index is 13.0. The summed E-state index contributed by atoms with van der Waals surface area (Å²) in [6.07, 6.45) is 6.02. The quantitative estimate of drug-likeness (QED) is 0.821. The van der Waals surface area contributed by atoms with Crippen LogP contribution in [0.25, 0.3) is 0 Å². The highest BCUT2D eigenvalue weighted by Crippen LogP contribution is 2.43. The number of piperidine rings is 1. The van der Waals surface area contributed by atoms with Gasteiger partial charge in [0.1, 0.15) is 11.5 Å². The minimum atomic E-state index is -0.318. The highest BCUT2D eigenvalue weighted by atomic mass is 16.2. The third-order valence-corrected chi connectivity index (χ3v) is 6.32. The molecule has 2 aromatic rings. The molecule has 1 saturated heterocycles. The molecule has 2 aliphatic heterocycles. The van der Waals surface area contributed by atoms with E-state index in [0.717, 1.165) is 30.9 Å². The van der Waals surface area contributed by atoms with Crippen molar-refractivity contribution in [3.63, 3.8) is 0 Å². The zero-order valence-corrected chi connectivity index (χ0v) is 16.2. The highest BCUT2D eigenvalue weighted by molar-refractivity contribution is 5.95. The monoisotopic (exact) mass is 379 g/mol. The first-order valence-electron chi connectivity index (χ1n) is 10.1. The molecule has 5 rings (SSSR count). The molecule has 0 aromatic carbocycles. The van der Waals surface area contributed by atoms with Crippen molar-refractivity contribution in [2.24, 2.45) is 5.92 Å². The molecule has 4 heterocycles. The molecule has 0 N–H and O–H groups in total. The fourth-order valence-corrected chi connectivity index (χ4v) is 4.53. The molecule has 2 amide bonds. The molecule has 1 saturated carbocycles. The summed E-state index contributed by atoms with van der Waals surface area (Å²) < 4.78 is 2.09. The van der Waals surface area contributed by atoms with E-state index in [-0.39, 0.29) is 17.4 Å². The van der Waals surface area contributed by atoms with Gasteiger partial charge < -0.3 is 4.90 Å². The average Bonchev–Trinajstić information content (AvgIpc) is 3.45. The third-order valence-electron chi connectivity index (χ3n) is 6.32. The van der Waals surface area contributed by atoms with Crippen LogP contribution in [-0.4, -0.2) is 51.1 Å². The van der Waals surface area contributed by atoms with E-state index in [1.165, 1.54) is 12.8 Å². The van der Waals surface area contributed by atoms with E-state index in [0.29, 0.717) is 31.1 Å². The van der Waals surface area contributed by atoms with E-state index in [1.807, 2.05) is 34.9 Å². The Balaban J connectivity index is 1.38. The molecule has 1 aliphatic carbocycles. The van der Waals surface area contributed by atoms with Crippen molar-refractivity contribution in [3.05, 3.63) is 41.9 Å². The van der Waals surface area contributed by atoms with Gasteiger partial charge in [0.25, 0.3) is 5.91 Å². The number of amides is 2. The van der Waals surface area contributed by atoms with Crippen LogP contribution < -0.4 is 4.90 Å². The summed E-state index contributed by atoms with van der Waals surface area (Å²) in [6, 6.07) is 7.43. The van der Waals surface area contributed by atoms with Crippen LogP contribution in [0.2, 0.25) is 0 Å². The lowest BCUT2D eigenvalue weighted by Gasteiger charge is -2.46. The number of fused-ring (bicyclic) bond motifs is 2. The molecule has 7 heteroatoms. The van der Waals surface area contributed by atoms with Crippen molar-refractivity contribution >= 4 is 17.6 Å². The minimum absolute atomic E-state index is 0.0372. The number of rotatable bonds is 3. The number of carbonyl (C=O) groups excluding carboxylic acids is 2. The van der Waals surface area contributed by atoms with Gasteiger partial charge in [0, 0.05) is 31.9 Å². The van der Waals surface area contributed by atoms with Gasteiger partial charge in [0.05, 0.1) is 17.7 Å². The number of anilines is 1. The van der Waals surface area contributed by atoms with Gasteiger partial charge in [-0.25, -0.2) is 4.68 Å². The lowest BCUT2D eigenvalue weighted by Crippen LogP contribution is -2.55. The zero-order valence-electron chi connectivity index (χ0n) is 16.2. The van der Waals surface area contributed by atoms with Gasteiger partial charge in [-0.2, -0.15) is 5.10 Å². The second-order valence-electron chi connectivity index (χ2n) is 8.41. The van der Waals surface area contributed by atoms with Crippen LogP contribution >= 0.6 is 0 Å². The zero-order chi connectivity index (χ0) is 19.3. The summed E-state index contributed by atoms with van der Waals surface area (Å²) in [5, 5.41) is 4.78. The maximum atomic E-state index is 13.0. The van der Waals surface area contributed by atoms with Gasteiger partial charge in [-0.1, -0.05) is 6.07 Å². The van der Waals surface area contributed by atoms with E-state index >= 15 is 0 Å². The average molecular weight is 379 g/mol. The first-order chi connectivity index (χ1) is 13.6. The molecule has 0 radical (unpaired) electrons. The summed E-state index contributed by atoms with van der Waals surface area (Å²) >= 11 is 0. The van der Waals surface area contributed by atoms with Gasteiger partial charge in [-0.3, -0.25) is 19.5 Å². The molecular formula is C21H25N5O2. The normalized spacial score (nSPS) is 21.1. The maximum Gasteiger partial charge on any atom is 0.272 e. The summed E-state index contributed by atoms with van der Waals surface area (Å²) in [5.74, 6) is 1.73. The van der Waals surface area contributed by atoms with Crippen LogP contribution in [0, 0.1) is 12.8 Å². The molecule has 28 heavy (non-hydrogen) atoms. The molecule has 1 spiro atoms. The van der Waals surface area contributed by atoms with Gasteiger partial charge >= 0.3 is 0 Å². The van der Waals surface area contributed by atoms with Crippen molar-refractivity contribution in [2.45, 2.75) is 44.6 Å². The van der Waals surface area contributed by atoms with Crippen LogP contribution in [0.4, 0.5) is 5.82 Å². The number of carbonyl (C=O) groups is 2. The second kappa shape index (κ2) is 6.43. The molecule has 3 aliphatic rings. The Bertz CT molecular complexity index is 910. The molecular weight excluding hydrogens is 354 g/mol. The van der Waals surface area contributed by atoms with Gasteiger partial charge in [-0.05, 0) is 50.7 Å². The summed E-state index contributed by atoms with van der Waals surface area (Å²) in [5.41, 5.74) is 1.10. The van der Waals surface area contributed by atoms with E-state index in [1.54, 1.807) is 12.3 Å². The second-order valence-corrected chi connectivity index (χ2v) is 8.41. The number of aromatic nitrogens is 3. The number of pyridine rings is 1. The smallest absolute Gasteiger partial charge is 0.272 e. The van der Waals surface area contributed by atoms with Crippen molar-refractivity contribution in [1.82, 2.24) is 19.7 Å². The third kappa shape index (κ3) is 2.89. The van der Waals surface area contributed by atoms with Crippen molar-refractivity contribution < 1.29 is 9.59 Å². The number of nitrogens with zero attached hydrogens (tertiary/aromatic N) is 5. The summed E-state index contributed by atoms with van der Waals surface area (Å²) in [6.45, 7) is 4.02. The number of likely N-dealkylation sites (tertiary alicyclic amines) is 1. The number of hydrogen-bond acceptors (Lipinski definition) is 4. The fraction of sp³-hybridized carbons (Fsp3) is 0.524. The van der Waals surface area contributed by atoms with Crippen LogP contribution in [0.15, 0.2) is 30.5 Å². The number of hydrogen-bond donors (Lipinski definition) is 0. The molecule has 2 aromatic heterocycles. The van der Waals surface area contributed by atoms with E-state index in [2.05, 4.69) is 9.67 Å². The Morgan fingerprint density at radius 2 is 2.04 bits per heavy atom. The van der Waals surface area contributed by atoms with Crippen molar-refractivity contribution in [3.8, 4) is 0 Å². The Hall–Kier alpha value is -2.70. The lowest BCUT2D eigenvalue weighted by atomic mass is 9.82. The van der Waals surface area contributed by atoms with E-state index in [4.69, 9.17) is 5.10 Å². The van der Waals surface area contributed by atoms with Gasteiger partial charge in [0.2, 0.25) is 5.91 Å². The Morgan fingerprint density at radius 3 is 2.71 bits per heavy atom. The largest absolute Gasteiger partial charge is 0.337 e. The highest BCUT2D eigenvalue weighted by Gasteiger charge is 2.47. The molecule has 7 nitrogen and oxygen atoms in total. The first-order valence-corrected chi connectivity index (χ1v) is 10.1. The van der Waals surface area contributed by atoms with Crippen molar-refractivity contribution in [1.29, 1.82) is 0 Å². The number of aryl methyl sites for hydroxylation is 1. The topological polar surface area (TPSA) is 71.3 Å². The van der Waals surface area contributed by atoms with Gasteiger partial charge in [0.15, 0.2) is 0 Å². The van der Waals surface area contributed by atoms with Crippen LogP contribution in [0.1, 0.15) is 48.3 Å². The first kappa shape index (κ1) is 17.4. The fourth-order valence-electron chi connectivity index (χ4n) is 4.53. The molecule has 146 valence electrons.